The number of benzene rings is 1. The van der Waals surface area contributed by atoms with Gasteiger partial charge >= 0.3 is 6.03 Å². The van der Waals surface area contributed by atoms with E-state index in [1.54, 1.807) is 10.9 Å². The van der Waals surface area contributed by atoms with Gasteiger partial charge in [0.05, 0.1) is 11.9 Å². The summed E-state index contributed by atoms with van der Waals surface area (Å²) in [5, 5.41) is 7.96. The number of imide groups is 1. The summed E-state index contributed by atoms with van der Waals surface area (Å²) in [7, 11) is 0. The minimum Gasteiger partial charge on any atom is -0.322 e. The molecule has 2 aromatic rings. The van der Waals surface area contributed by atoms with Crippen LogP contribution in [0.2, 0.25) is 0 Å². The highest BCUT2D eigenvalue weighted by atomic mass is 16.2. The summed E-state index contributed by atoms with van der Waals surface area (Å²) in [6.07, 6.45) is 7.21. The van der Waals surface area contributed by atoms with E-state index in [1.807, 2.05) is 36.5 Å². The maximum atomic E-state index is 12.8. The molecule has 1 saturated carbocycles. The lowest BCUT2D eigenvalue weighted by Crippen LogP contribution is -2.51. The average molecular weight is 395 g/mol. The van der Waals surface area contributed by atoms with Crippen molar-refractivity contribution < 1.29 is 14.4 Å². The summed E-state index contributed by atoms with van der Waals surface area (Å²) in [4.78, 5) is 37.4. The largest absolute Gasteiger partial charge is 0.344 e. The predicted molar refractivity (Wildman–Crippen MR) is 106 cm³/mol. The molecule has 2 heterocycles. The van der Waals surface area contributed by atoms with Gasteiger partial charge in [-0.2, -0.15) is 10.1 Å². The fourth-order valence-electron chi connectivity index (χ4n) is 3.97. The number of carbonyl (C=O) groups excluding carboxylic acids is 3. The minimum atomic E-state index is -0.853. The van der Waals surface area contributed by atoms with Crippen LogP contribution in [-0.4, -0.2) is 38.2 Å². The predicted octanol–water partition coefficient (Wildman–Crippen LogP) is 2.34. The third-order valence-corrected chi connectivity index (χ3v) is 5.82. The van der Waals surface area contributed by atoms with Crippen LogP contribution in [0.5, 0.6) is 0 Å². The summed E-state index contributed by atoms with van der Waals surface area (Å²) in [6, 6.07) is 9.15. The summed E-state index contributed by atoms with van der Waals surface area (Å²) < 4.78 is 1.75. The van der Waals surface area contributed by atoms with Crippen molar-refractivity contribution in [2.45, 2.75) is 51.0 Å². The van der Waals surface area contributed by atoms with Crippen molar-refractivity contribution in [2.24, 2.45) is 5.92 Å². The third kappa shape index (κ3) is 3.87. The lowest BCUT2D eigenvalue weighted by molar-refractivity contribution is -0.140. The highest BCUT2D eigenvalue weighted by Crippen LogP contribution is 2.35. The van der Waals surface area contributed by atoms with Gasteiger partial charge in [-0.1, -0.05) is 25.1 Å². The van der Waals surface area contributed by atoms with Crippen molar-refractivity contribution in [2.75, 3.05) is 0 Å². The number of aromatic nitrogens is 2. The van der Waals surface area contributed by atoms with Gasteiger partial charge in [-0.25, -0.2) is 9.48 Å². The zero-order valence-corrected chi connectivity index (χ0v) is 16.4. The molecule has 1 aliphatic heterocycles. The molecule has 0 atom stereocenters. The second kappa shape index (κ2) is 7.69. The van der Waals surface area contributed by atoms with Gasteiger partial charge in [0.25, 0.3) is 5.91 Å². The van der Waals surface area contributed by atoms with Crippen LogP contribution < -0.4 is 10.7 Å². The molecular formula is C21H25N5O3. The molecule has 1 aliphatic carbocycles. The fraction of sp³-hybridized carbons (Fsp3) is 0.429. The number of para-hydroxylation sites is 1. The molecule has 29 heavy (non-hydrogen) atoms. The third-order valence-electron chi connectivity index (χ3n) is 5.82. The lowest BCUT2D eigenvalue weighted by Gasteiger charge is -2.33. The van der Waals surface area contributed by atoms with Gasteiger partial charge in [-0.05, 0) is 55.7 Å². The Balaban J connectivity index is 1.33. The summed E-state index contributed by atoms with van der Waals surface area (Å²) in [6.45, 7) is 2.15. The van der Waals surface area contributed by atoms with Crippen molar-refractivity contribution in [1.29, 1.82) is 0 Å². The quantitative estimate of drug-likeness (QED) is 0.760. The molecule has 2 N–H and O–H groups in total. The van der Waals surface area contributed by atoms with Crippen LogP contribution >= 0.6 is 0 Å². The summed E-state index contributed by atoms with van der Waals surface area (Å²) in [5.74, 6) is -0.174. The van der Waals surface area contributed by atoms with Crippen molar-refractivity contribution in [1.82, 2.24) is 25.5 Å². The first kappa shape index (κ1) is 19.2. The van der Waals surface area contributed by atoms with Crippen LogP contribution in [0, 0.1) is 5.92 Å². The molecule has 1 aromatic heterocycles. The molecule has 0 unspecified atom stereocenters. The molecule has 1 spiro atoms. The van der Waals surface area contributed by atoms with Crippen molar-refractivity contribution in [3.8, 4) is 5.69 Å². The molecule has 1 saturated heterocycles. The van der Waals surface area contributed by atoms with E-state index in [0.717, 1.165) is 29.1 Å². The first-order valence-corrected chi connectivity index (χ1v) is 10.0. The fourth-order valence-corrected chi connectivity index (χ4v) is 3.97. The number of rotatable bonds is 5. The zero-order chi connectivity index (χ0) is 20.4. The Morgan fingerprint density at radius 1 is 1.24 bits per heavy atom. The number of hydrogen-bond acceptors (Lipinski definition) is 4. The second-order valence-corrected chi connectivity index (χ2v) is 8.00. The number of carbonyl (C=O) groups is 3. The van der Waals surface area contributed by atoms with Crippen LogP contribution in [-0.2, 0) is 16.0 Å². The Morgan fingerprint density at radius 2 is 1.97 bits per heavy atom. The molecule has 4 amide bonds. The number of hydrazine groups is 1. The summed E-state index contributed by atoms with van der Waals surface area (Å²) >= 11 is 0. The molecule has 1 aromatic carbocycles. The number of amides is 4. The average Bonchev–Trinajstić information content (AvgIpc) is 3.29. The van der Waals surface area contributed by atoms with E-state index in [9.17, 15) is 14.4 Å². The van der Waals surface area contributed by atoms with Gasteiger partial charge in [0.2, 0.25) is 5.91 Å². The molecule has 2 aliphatic rings. The molecule has 0 bridgehead atoms. The van der Waals surface area contributed by atoms with Crippen LogP contribution in [0.3, 0.4) is 0 Å². The van der Waals surface area contributed by atoms with Crippen LogP contribution in [0.15, 0.2) is 42.7 Å². The number of hydrogen-bond donors (Lipinski definition) is 2. The second-order valence-electron chi connectivity index (χ2n) is 8.00. The topological polar surface area (TPSA) is 96.3 Å². The van der Waals surface area contributed by atoms with Gasteiger partial charge in [0.1, 0.15) is 5.54 Å². The zero-order valence-electron chi connectivity index (χ0n) is 16.4. The van der Waals surface area contributed by atoms with E-state index in [-0.39, 0.29) is 18.2 Å². The number of urea groups is 1. The van der Waals surface area contributed by atoms with E-state index in [0.29, 0.717) is 25.2 Å². The van der Waals surface area contributed by atoms with Gasteiger partial charge in [-0.3, -0.25) is 15.0 Å². The van der Waals surface area contributed by atoms with Gasteiger partial charge < -0.3 is 5.32 Å². The van der Waals surface area contributed by atoms with E-state index in [4.69, 9.17) is 0 Å². The van der Waals surface area contributed by atoms with Crippen molar-refractivity contribution in [3.05, 3.63) is 48.3 Å². The van der Waals surface area contributed by atoms with E-state index in [2.05, 4.69) is 22.8 Å². The van der Waals surface area contributed by atoms with Crippen molar-refractivity contribution >= 4 is 17.8 Å². The Hall–Kier alpha value is -3.16. The molecule has 2 fully saturated rings. The minimum absolute atomic E-state index is 0.154. The monoisotopic (exact) mass is 395 g/mol. The van der Waals surface area contributed by atoms with Crippen LogP contribution in [0.4, 0.5) is 4.79 Å². The molecular weight excluding hydrogens is 370 g/mol. The normalized spacial score (nSPS) is 24.0. The van der Waals surface area contributed by atoms with Gasteiger partial charge in [0.15, 0.2) is 0 Å². The molecule has 8 nitrogen and oxygen atoms in total. The standard InChI is InChI=1S/C21H25N5O3/c1-15-9-11-21(12-10-15)19(28)26(20(29)23-21)24-18(27)8-7-16-13-22-25(14-16)17-5-3-2-4-6-17/h2-6,13-15H,7-12H2,1H3,(H,23,29)(H,24,27). The first-order valence-electron chi connectivity index (χ1n) is 10.0. The van der Waals surface area contributed by atoms with Gasteiger partial charge in [0, 0.05) is 12.6 Å². The first-order chi connectivity index (χ1) is 14.0. The highest BCUT2D eigenvalue weighted by molar-refractivity contribution is 6.08. The molecule has 152 valence electrons. The number of nitrogens with one attached hydrogen (secondary N) is 2. The van der Waals surface area contributed by atoms with Gasteiger partial charge in [-0.15, -0.1) is 0 Å². The van der Waals surface area contributed by atoms with E-state index < -0.39 is 11.6 Å². The Bertz CT molecular complexity index is 915. The van der Waals surface area contributed by atoms with E-state index in [1.165, 1.54) is 0 Å². The number of nitrogens with zero attached hydrogens (tertiary/aromatic N) is 3. The Kier molecular flexibility index (Phi) is 5.08. The maximum Gasteiger partial charge on any atom is 0.344 e. The summed E-state index contributed by atoms with van der Waals surface area (Å²) in [5.41, 5.74) is 3.46. The Labute approximate surface area is 169 Å². The molecule has 0 radical (unpaired) electrons. The SMILES string of the molecule is CC1CCC2(CC1)NC(=O)N(NC(=O)CCc1cnn(-c3ccccc3)c1)C2=O. The van der Waals surface area contributed by atoms with Crippen LogP contribution in [0.25, 0.3) is 5.69 Å². The smallest absolute Gasteiger partial charge is 0.322 e. The molecule has 4 rings (SSSR count). The Morgan fingerprint density at radius 3 is 2.69 bits per heavy atom. The number of aryl methyl sites for hydroxylation is 1. The highest BCUT2D eigenvalue weighted by Gasteiger charge is 2.52. The lowest BCUT2D eigenvalue weighted by atomic mass is 9.77. The van der Waals surface area contributed by atoms with E-state index >= 15 is 0 Å². The maximum absolute atomic E-state index is 12.8. The van der Waals surface area contributed by atoms with Crippen LogP contribution in [0.1, 0.15) is 44.6 Å². The van der Waals surface area contributed by atoms with Crippen molar-refractivity contribution in [3.63, 3.8) is 0 Å². The molecule has 8 heteroatoms.